The molecule has 26 heavy (non-hydrogen) atoms. The van der Waals surface area contributed by atoms with Gasteiger partial charge >= 0.3 is 0 Å². The average Bonchev–Trinajstić information content (AvgIpc) is 2.61. The first-order chi connectivity index (χ1) is 12.3. The first kappa shape index (κ1) is 19.2. The van der Waals surface area contributed by atoms with Crippen LogP contribution in [0.2, 0.25) is 0 Å². The molecule has 0 aliphatic rings. The molecule has 0 saturated heterocycles. The van der Waals surface area contributed by atoms with Crippen molar-refractivity contribution in [3.05, 3.63) is 65.2 Å². The number of rotatable bonds is 5. The van der Waals surface area contributed by atoms with Crippen molar-refractivity contribution in [3.8, 4) is 6.07 Å². The molecular weight excluding hydrogens is 326 g/mol. The highest BCUT2D eigenvalue weighted by Gasteiger charge is 2.15. The van der Waals surface area contributed by atoms with E-state index < -0.39 is 0 Å². The zero-order chi connectivity index (χ0) is 19.2. The molecule has 0 radical (unpaired) electrons. The van der Waals surface area contributed by atoms with E-state index in [0.29, 0.717) is 11.3 Å². The molecule has 2 aromatic rings. The van der Waals surface area contributed by atoms with Crippen LogP contribution in [0.4, 0.5) is 5.69 Å². The molecule has 2 N–H and O–H groups in total. The lowest BCUT2D eigenvalue weighted by atomic mass is 9.87. The molecule has 134 valence electrons. The Morgan fingerprint density at radius 1 is 1.04 bits per heavy atom. The van der Waals surface area contributed by atoms with E-state index in [4.69, 9.17) is 5.26 Å². The molecule has 0 unspecified atom stereocenters. The fraction of sp³-hybridized carbons (Fsp3) is 0.286. The monoisotopic (exact) mass is 349 g/mol. The van der Waals surface area contributed by atoms with Gasteiger partial charge in [0.15, 0.2) is 0 Å². The predicted octanol–water partition coefficient (Wildman–Crippen LogP) is 3.42. The fourth-order valence-electron chi connectivity index (χ4n) is 2.46. The van der Waals surface area contributed by atoms with E-state index in [9.17, 15) is 9.59 Å². The maximum Gasteiger partial charge on any atom is 0.251 e. The molecule has 0 atom stereocenters. The van der Waals surface area contributed by atoms with Crippen LogP contribution >= 0.6 is 0 Å². The summed E-state index contributed by atoms with van der Waals surface area (Å²) in [5.41, 5.74) is 3.00. The number of para-hydroxylation sites is 1. The first-order valence-corrected chi connectivity index (χ1v) is 8.44. The van der Waals surface area contributed by atoms with E-state index in [2.05, 4.69) is 37.5 Å². The summed E-state index contributed by atoms with van der Waals surface area (Å²) >= 11 is 0. The van der Waals surface area contributed by atoms with Gasteiger partial charge in [-0.1, -0.05) is 51.1 Å². The first-order valence-electron chi connectivity index (χ1n) is 8.44. The summed E-state index contributed by atoms with van der Waals surface area (Å²) in [6.07, 6.45) is 0.211. The van der Waals surface area contributed by atoms with Gasteiger partial charge in [-0.25, -0.2) is 0 Å². The van der Waals surface area contributed by atoms with Crippen LogP contribution in [0.25, 0.3) is 0 Å². The molecule has 5 heteroatoms. The third kappa shape index (κ3) is 5.18. The maximum absolute atomic E-state index is 12.2. The third-order valence-corrected chi connectivity index (χ3v) is 3.98. The van der Waals surface area contributed by atoms with Crippen molar-refractivity contribution in [1.29, 1.82) is 5.26 Å². The number of hydrogen-bond acceptors (Lipinski definition) is 3. The number of nitrogens with zero attached hydrogens (tertiary/aromatic N) is 1. The Morgan fingerprint density at radius 3 is 2.31 bits per heavy atom. The van der Waals surface area contributed by atoms with Crippen LogP contribution in [0, 0.1) is 11.3 Å². The Labute approximate surface area is 154 Å². The normalized spacial score (nSPS) is 10.7. The lowest BCUT2D eigenvalue weighted by Gasteiger charge is -2.19. The second-order valence-corrected chi connectivity index (χ2v) is 7.05. The molecule has 0 aromatic heterocycles. The minimum Gasteiger partial charge on any atom is -0.343 e. The maximum atomic E-state index is 12.2. The van der Waals surface area contributed by atoms with Crippen LogP contribution in [0.1, 0.15) is 42.3 Å². The van der Waals surface area contributed by atoms with Crippen molar-refractivity contribution in [2.24, 2.45) is 0 Å². The Morgan fingerprint density at radius 2 is 1.69 bits per heavy atom. The average molecular weight is 349 g/mol. The zero-order valence-electron chi connectivity index (χ0n) is 15.3. The number of nitrogens with one attached hydrogen (secondary N) is 2. The van der Waals surface area contributed by atoms with E-state index >= 15 is 0 Å². The molecular formula is C21H23N3O2. The highest BCUT2D eigenvalue weighted by atomic mass is 16.2. The lowest BCUT2D eigenvalue weighted by Crippen LogP contribution is -2.33. The second kappa shape index (κ2) is 8.30. The van der Waals surface area contributed by atoms with Gasteiger partial charge < -0.3 is 10.6 Å². The summed E-state index contributed by atoms with van der Waals surface area (Å²) in [5.74, 6) is -0.638. The number of anilines is 1. The minimum absolute atomic E-state index is 0.0196. The van der Waals surface area contributed by atoms with Gasteiger partial charge in [0, 0.05) is 11.3 Å². The number of nitriles is 1. The Bertz CT molecular complexity index is 828. The molecule has 0 aliphatic carbocycles. The standard InChI is InChI=1S/C21H23N3O2/c1-21(2,3)17-10-8-16(9-11-17)20(26)23-14-19(25)24-18-7-5-4-6-15(18)12-13-22/h4-11H,12,14H2,1-3H3,(H,23,26)(H,24,25). The minimum atomic E-state index is -0.338. The lowest BCUT2D eigenvalue weighted by molar-refractivity contribution is -0.115. The molecule has 2 aromatic carbocycles. The van der Waals surface area contributed by atoms with Crippen molar-refractivity contribution < 1.29 is 9.59 Å². The van der Waals surface area contributed by atoms with Gasteiger partial charge in [-0.05, 0) is 34.7 Å². The van der Waals surface area contributed by atoms with Crippen LogP contribution in [0.5, 0.6) is 0 Å². The fourth-order valence-corrected chi connectivity index (χ4v) is 2.46. The van der Waals surface area contributed by atoms with Crippen molar-refractivity contribution in [3.63, 3.8) is 0 Å². The molecule has 0 heterocycles. The Kier molecular flexibility index (Phi) is 6.13. The van der Waals surface area contributed by atoms with E-state index in [0.717, 1.165) is 11.1 Å². The third-order valence-electron chi connectivity index (χ3n) is 3.98. The second-order valence-electron chi connectivity index (χ2n) is 7.05. The topological polar surface area (TPSA) is 82.0 Å². The predicted molar refractivity (Wildman–Crippen MR) is 102 cm³/mol. The Balaban J connectivity index is 1.93. The highest BCUT2D eigenvalue weighted by Crippen LogP contribution is 2.22. The quantitative estimate of drug-likeness (QED) is 0.868. The molecule has 2 amide bonds. The molecule has 0 spiro atoms. The van der Waals surface area contributed by atoms with Crippen LogP contribution in [0.15, 0.2) is 48.5 Å². The number of hydrogen-bond donors (Lipinski definition) is 2. The van der Waals surface area contributed by atoms with E-state index in [-0.39, 0.29) is 30.2 Å². The van der Waals surface area contributed by atoms with Gasteiger partial charge in [0.05, 0.1) is 19.0 Å². The summed E-state index contributed by atoms with van der Waals surface area (Å²) in [7, 11) is 0. The van der Waals surface area contributed by atoms with Gasteiger partial charge in [-0.15, -0.1) is 0 Å². The van der Waals surface area contributed by atoms with Crippen LogP contribution < -0.4 is 10.6 Å². The summed E-state index contributed by atoms with van der Waals surface area (Å²) < 4.78 is 0. The van der Waals surface area contributed by atoms with Crippen molar-refractivity contribution >= 4 is 17.5 Å². The van der Waals surface area contributed by atoms with Crippen LogP contribution in [-0.2, 0) is 16.6 Å². The summed E-state index contributed by atoms with van der Waals surface area (Å²) in [5, 5.41) is 14.2. The molecule has 0 fully saturated rings. The van der Waals surface area contributed by atoms with Gasteiger partial charge in [0.25, 0.3) is 5.91 Å². The number of carbonyl (C=O) groups is 2. The van der Waals surface area contributed by atoms with E-state index in [1.54, 1.807) is 30.3 Å². The van der Waals surface area contributed by atoms with E-state index in [1.165, 1.54) is 0 Å². The van der Waals surface area contributed by atoms with Gasteiger partial charge in [0.2, 0.25) is 5.91 Å². The smallest absolute Gasteiger partial charge is 0.251 e. The molecule has 0 saturated carbocycles. The largest absolute Gasteiger partial charge is 0.343 e. The number of carbonyl (C=O) groups excluding carboxylic acids is 2. The molecule has 0 aliphatic heterocycles. The SMILES string of the molecule is CC(C)(C)c1ccc(C(=O)NCC(=O)Nc2ccccc2CC#N)cc1. The highest BCUT2D eigenvalue weighted by molar-refractivity contribution is 5.99. The van der Waals surface area contributed by atoms with E-state index in [1.807, 2.05) is 18.2 Å². The summed E-state index contributed by atoms with van der Waals surface area (Å²) in [6.45, 7) is 6.18. The summed E-state index contributed by atoms with van der Waals surface area (Å²) in [6, 6.07) is 16.5. The van der Waals surface area contributed by atoms with Gasteiger partial charge in [-0.3, -0.25) is 9.59 Å². The molecule has 5 nitrogen and oxygen atoms in total. The van der Waals surface area contributed by atoms with Crippen molar-refractivity contribution in [2.45, 2.75) is 32.6 Å². The summed E-state index contributed by atoms with van der Waals surface area (Å²) in [4.78, 5) is 24.3. The van der Waals surface area contributed by atoms with Crippen LogP contribution in [-0.4, -0.2) is 18.4 Å². The van der Waals surface area contributed by atoms with Gasteiger partial charge in [-0.2, -0.15) is 5.26 Å². The number of benzene rings is 2. The molecule has 2 rings (SSSR count). The van der Waals surface area contributed by atoms with Gasteiger partial charge in [0.1, 0.15) is 0 Å². The van der Waals surface area contributed by atoms with Crippen molar-refractivity contribution in [1.82, 2.24) is 5.32 Å². The van der Waals surface area contributed by atoms with Crippen LogP contribution in [0.3, 0.4) is 0 Å². The Hall–Kier alpha value is -3.13. The molecule has 0 bridgehead atoms. The number of amides is 2. The zero-order valence-corrected chi connectivity index (χ0v) is 15.3. The van der Waals surface area contributed by atoms with Crippen molar-refractivity contribution in [2.75, 3.05) is 11.9 Å².